The van der Waals surface area contributed by atoms with E-state index in [4.69, 9.17) is 54.9 Å². The summed E-state index contributed by atoms with van der Waals surface area (Å²) in [5.74, 6) is 0.291. The van der Waals surface area contributed by atoms with Gasteiger partial charge in [0.2, 0.25) is 5.24 Å². The molecule has 17 heteroatoms. The minimum absolute atomic E-state index is 0. The van der Waals surface area contributed by atoms with E-state index in [2.05, 4.69) is 57.4 Å². The van der Waals surface area contributed by atoms with Crippen LogP contribution in [0.15, 0.2) is 267 Å². The van der Waals surface area contributed by atoms with Gasteiger partial charge in [0.15, 0.2) is 0 Å². The Balaban J connectivity index is 0.000000551. The number of hydrogen-bond acceptors (Lipinski definition) is 12. The molecule has 498 valence electrons. The van der Waals surface area contributed by atoms with E-state index in [9.17, 15) is 19.8 Å². The second kappa shape index (κ2) is 51.7. The number of halogens is 3. The van der Waals surface area contributed by atoms with Crippen molar-refractivity contribution >= 4 is 46.0 Å². The number of benzene rings is 6. The summed E-state index contributed by atoms with van der Waals surface area (Å²) in [6.07, 6.45) is 8.73. The maximum Gasteiger partial charge on any atom is 0.338 e. The van der Waals surface area contributed by atoms with Crippen molar-refractivity contribution < 1.29 is 80.1 Å². The van der Waals surface area contributed by atoms with Crippen molar-refractivity contribution in [1.82, 2.24) is 19.9 Å². The van der Waals surface area contributed by atoms with E-state index in [0.29, 0.717) is 49.0 Å². The fraction of sp³-hybridized carbons (Fsp3) is 0.195. The fourth-order valence-corrected chi connectivity index (χ4v) is 7.57. The van der Waals surface area contributed by atoms with Crippen molar-refractivity contribution in [3.8, 4) is 56.5 Å². The second-order valence-electron chi connectivity index (χ2n) is 20.2. The molecule has 12 nitrogen and oxygen atoms in total. The number of aromatic hydroxyl groups is 1. The molecule has 4 aromatic heterocycles. The van der Waals surface area contributed by atoms with Crippen LogP contribution in [0.25, 0.3) is 45.0 Å². The molecule has 10 rings (SSSR count). The van der Waals surface area contributed by atoms with Gasteiger partial charge in [-0.2, -0.15) is 0 Å². The minimum atomic E-state index is -0.504. The van der Waals surface area contributed by atoms with Gasteiger partial charge >= 0.3 is 5.97 Å². The number of pyridine rings is 4. The van der Waals surface area contributed by atoms with Gasteiger partial charge in [0.05, 0.1) is 29.8 Å². The number of hydrogen-bond donors (Lipinski definition) is 5. The van der Waals surface area contributed by atoms with E-state index in [-0.39, 0.29) is 51.3 Å². The number of aliphatic hydroxyl groups excluding tert-OH is 4. The van der Waals surface area contributed by atoms with Gasteiger partial charge in [-0.25, -0.2) is 4.79 Å². The number of phenols is 1. The first-order chi connectivity index (χ1) is 44.4. The number of nitrogens with zero attached hydrogens (tertiary/aromatic N) is 4. The van der Waals surface area contributed by atoms with Crippen LogP contribution in [0.3, 0.4) is 0 Å². The van der Waals surface area contributed by atoms with Crippen LogP contribution in [0.4, 0.5) is 0 Å². The van der Waals surface area contributed by atoms with E-state index in [1.165, 1.54) is 0 Å². The molecule has 0 amide bonds. The van der Waals surface area contributed by atoms with Gasteiger partial charge in [0, 0.05) is 76.1 Å². The average Bonchev–Trinajstić information content (AvgIpc) is 1.76. The van der Waals surface area contributed by atoms with Crippen LogP contribution in [0.2, 0.25) is 0 Å². The molecular weight excluding hydrogens is 1600 g/mol. The van der Waals surface area contributed by atoms with Crippen LogP contribution >= 0.6 is 34.8 Å². The smallest absolute Gasteiger partial charge is 0.338 e. The summed E-state index contributed by atoms with van der Waals surface area (Å²) in [5.41, 5.74) is 10.9. The molecule has 10 aromatic rings. The van der Waals surface area contributed by atoms with Crippen molar-refractivity contribution in [2.45, 2.75) is 90.6 Å². The monoisotopic (exact) mass is 1680 g/mol. The number of aliphatic hydroxyl groups is 4. The van der Waals surface area contributed by atoms with E-state index in [1.807, 2.05) is 194 Å². The minimum Gasteiger partial charge on any atom is -0.508 e. The summed E-state index contributed by atoms with van der Waals surface area (Å²) in [5, 5.41) is 46.2. The third-order valence-corrected chi connectivity index (χ3v) is 12.4. The molecule has 0 aliphatic carbocycles. The van der Waals surface area contributed by atoms with Crippen LogP contribution in [0.5, 0.6) is 11.5 Å². The van der Waals surface area contributed by atoms with Gasteiger partial charge in [0.1, 0.15) is 11.5 Å². The molecule has 0 saturated carbocycles. The Hall–Kier alpha value is -7.65. The maximum absolute atomic E-state index is 11.3. The molecule has 0 aliphatic heterocycles. The molecule has 4 unspecified atom stereocenters. The summed E-state index contributed by atoms with van der Waals surface area (Å²) < 4.78 is 5.09. The van der Waals surface area contributed by atoms with Crippen molar-refractivity contribution in [1.29, 1.82) is 0 Å². The van der Waals surface area contributed by atoms with Gasteiger partial charge in [-0.15, -0.1) is 167 Å². The molecule has 2 radical (unpaired) electrons. The van der Waals surface area contributed by atoms with Gasteiger partial charge < -0.3 is 50.2 Å². The normalized spacial score (nSPS) is 10.9. The van der Waals surface area contributed by atoms with Crippen LogP contribution < -0.4 is 4.74 Å². The number of ether oxygens (including phenoxy) is 1. The molecule has 5 N–H and O–H groups in total. The first-order valence-corrected chi connectivity index (χ1v) is 30.8. The Labute approximate surface area is 596 Å². The SMILES string of the molecule is C=C(C)C(=O)Cl.C=C(C)C(=O)Oc1ccc(CCC(O)CC(C)O)cc1.CC(O)CC(O)CCc1ccc(O)cc1.ClCCl.[Ir].[Ir].[c-]1ccccc1-c1ccccn1.[c-]1ccccc1-c1ccccn1.[c-]1ccccc1-c1ccccn1.[c-]1ccccc1-c1ccccn1. The van der Waals surface area contributed by atoms with Crippen LogP contribution in [0.1, 0.15) is 64.5 Å². The second-order valence-corrected chi connectivity index (χ2v) is 21.3. The fourth-order valence-electron chi connectivity index (χ4n) is 7.57. The molecule has 0 bridgehead atoms. The maximum atomic E-state index is 11.3. The molecule has 0 spiro atoms. The molecule has 4 heterocycles. The zero-order valence-corrected chi connectivity index (χ0v) is 59.9. The Bertz CT molecular complexity index is 3070. The quantitative estimate of drug-likeness (QED) is 0.0145. The predicted octanol–water partition coefficient (Wildman–Crippen LogP) is 16.6. The average molecular weight is 1680 g/mol. The summed E-state index contributed by atoms with van der Waals surface area (Å²) >= 11 is 14.4. The van der Waals surface area contributed by atoms with Crippen molar-refractivity contribution in [3.63, 3.8) is 0 Å². The van der Waals surface area contributed by atoms with Gasteiger partial charge in [0.25, 0.3) is 0 Å². The molecule has 0 aliphatic rings. The summed E-state index contributed by atoms with van der Waals surface area (Å²) in [4.78, 5) is 38.0. The molecule has 0 saturated heterocycles. The number of aryl methyl sites for hydroxylation is 2. The predicted molar refractivity (Wildman–Crippen MR) is 373 cm³/mol. The number of allylic oxidation sites excluding steroid dienone is 1. The zero-order chi connectivity index (χ0) is 67.1. The van der Waals surface area contributed by atoms with Crippen molar-refractivity contribution in [2.24, 2.45) is 0 Å². The number of alkyl halides is 2. The number of carbonyl (C=O) groups excluding carboxylic acids is 2. The topological polar surface area (TPSA) is 196 Å². The Kier molecular flexibility index (Phi) is 46.4. The van der Waals surface area contributed by atoms with E-state index < -0.39 is 35.6 Å². The van der Waals surface area contributed by atoms with Gasteiger partial charge in [-0.05, 0) is 160 Å². The zero-order valence-electron chi connectivity index (χ0n) is 52.8. The third-order valence-electron chi connectivity index (χ3n) is 12.1. The first kappa shape index (κ1) is 84.4. The molecule has 6 aromatic carbocycles. The van der Waals surface area contributed by atoms with Crippen LogP contribution in [-0.4, -0.2) is 86.4 Å². The summed E-state index contributed by atoms with van der Waals surface area (Å²) in [7, 11) is 0. The van der Waals surface area contributed by atoms with Gasteiger partial charge in [-0.3, -0.25) is 4.79 Å². The van der Waals surface area contributed by atoms with Gasteiger partial charge in [-0.1, -0.05) is 86.0 Å². The third kappa shape index (κ3) is 39.1. The molecule has 0 fully saturated rings. The Morgan fingerprint density at radius 2 is 0.734 bits per heavy atom. The molecular formula is C77H79Cl3Ir2N4O8-4. The molecule has 4 atom stereocenters. The number of esters is 1. The van der Waals surface area contributed by atoms with E-state index in [1.54, 1.807) is 76.7 Å². The number of phenolic OH excluding ortho intramolecular Hbond substituents is 1. The first-order valence-electron chi connectivity index (χ1n) is 29.3. The largest absolute Gasteiger partial charge is 0.508 e. The van der Waals surface area contributed by atoms with Crippen molar-refractivity contribution in [2.75, 3.05) is 5.34 Å². The Morgan fingerprint density at radius 1 is 0.457 bits per heavy atom. The van der Waals surface area contributed by atoms with E-state index in [0.717, 1.165) is 62.6 Å². The summed E-state index contributed by atoms with van der Waals surface area (Å²) in [6, 6.07) is 81.4. The number of rotatable bonds is 17. The van der Waals surface area contributed by atoms with Crippen LogP contribution in [-0.2, 0) is 62.6 Å². The van der Waals surface area contributed by atoms with Crippen molar-refractivity contribution in [3.05, 3.63) is 303 Å². The number of aromatic nitrogens is 4. The van der Waals surface area contributed by atoms with Crippen LogP contribution in [0, 0.1) is 24.3 Å². The summed E-state index contributed by atoms with van der Waals surface area (Å²) in [6.45, 7) is 13.3. The molecule has 94 heavy (non-hydrogen) atoms. The Morgan fingerprint density at radius 3 is 0.957 bits per heavy atom. The van der Waals surface area contributed by atoms with E-state index >= 15 is 0 Å². The standard InChI is InChI=1S/C16H22O4.C12H18O3.4C11H8N.C4H5ClO.CH2Cl2.2Ir/c1-11(2)16(19)20-15-8-5-13(6-9-15)4-7-14(18)10-12(3)17;1-9(13)8-12(15)7-4-10-2-5-11(14)6-3-10;4*1-2-6-10(7-3-1)11-8-4-5-9-12-11;1-3(2)4(5)6;2-1-3;;/h5-6,8-9,12,14,17-18H,1,4,7,10H2,2-3H3;2-3,5-6,9,12-15H,4,7-8H2,1H3;4*1-6,8-9H;1H2,2H3;1H2;;/q;;4*-1;;;;. The number of carbonyl (C=O) groups is 2.